The Hall–Kier alpha value is -2.90. The van der Waals surface area contributed by atoms with Gasteiger partial charge in [-0.25, -0.2) is 0 Å². The predicted octanol–water partition coefficient (Wildman–Crippen LogP) is 4.63. The van der Waals surface area contributed by atoms with Crippen molar-refractivity contribution >= 4 is 5.71 Å². The van der Waals surface area contributed by atoms with Crippen molar-refractivity contribution in [2.45, 2.75) is 46.0 Å². The van der Waals surface area contributed by atoms with E-state index in [2.05, 4.69) is 36.4 Å². The third-order valence-electron chi connectivity index (χ3n) is 5.97. The van der Waals surface area contributed by atoms with Gasteiger partial charge in [-0.15, -0.1) is 0 Å². The topological polar surface area (TPSA) is 95.2 Å². The number of hydrogen-bond acceptors (Lipinski definition) is 4. The zero-order valence-corrected chi connectivity index (χ0v) is 15.4. The fourth-order valence-electron chi connectivity index (χ4n) is 5.00. The number of nitriles is 3. The van der Waals surface area contributed by atoms with E-state index < -0.39 is 17.3 Å². The van der Waals surface area contributed by atoms with E-state index in [0.29, 0.717) is 0 Å². The van der Waals surface area contributed by atoms with E-state index >= 15 is 0 Å². The van der Waals surface area contributed by atoms with Gasteiger partial charge in [-0.3, -0.25) is 0 Å². The van der Waals surface area contributed by atoms with Gasteiger partial charge in [-0.05, 0) is 68.2 Å². The number of nitrogens with zero attached hydrogens (tertiary/aromatic N) is 3. The molecule has 0 unspecified atom stereocenters. The first-order chi connectivity index (χ1) is 12.4. The summed E-state index contributed by atoms with van der Waals surface area (Å²) in [6.07, 6.45) is 4.79. The van der Waals surface area contributed by atoms with Gasteiger partial charge in [-0.1, -0.05) is 23.8 Å². The molecule has 1 aromatic carbocycles. The maximum absolute atomic E-state index is 10.0. The highest BCUT2D eigenvalue weighted by molar-refractivity contribution is 6.00. The fraction of sp³-hybridized carbons (Fsp3) is 0.455. The van der Waals surface area contributed by atoms with Gasteiger partial charge in [0.15, 0.2) is 5.41 Å². The minimum atomic E-state index is -1.59. The highest BCUT2D eigenvalue weighted by atomic mass is 14.7. The monoisotopic (exact) mass is 342 g/mol. The molecule has 4 nitrogen and oxygen atoms in total. The third kappa shape index (κ3) is 2.36. The SMILES string of the molecule is Cc1cc(C)c([C@H]2[C@H]3CCCC=C3[C@@H](C#N)C(=N)C2(C#N)C#N)c(C)c1. The summed E-state index contributed by atoms with van der Waals surface area (Å²) in [5.41, 5.74) is 3.53. The van der Waals surface area contributed by atoms with E-state index in [1.807, 2.05) is 20.8 Å². The Kier molecular flexibility index (Phi) is 4.43. The number of fused-ring (bicyclic) bond motifs is 1. The van der Waals surface area contributed by atoms with Crippen molar-refractivity contribution in [3.05, 3.63) is 46.0 Å². The number of allylic oxidation sites excluding steroid dienone is 2. The summed E-state index contributed by atoms with van der Waals surface area (Å²) in [6, 6.07) is 10.7. The minimum absolute atomic E-state index is 0.0399. The normalized spacial score (nSPS) is 26.7. The summed E-state index contributed by atoms with van der Waals surface area (Å²) < 4.78 is 0. The van der Waals surface area contributed by atoms with Gasteiger partial charge >= 0.3 is 0 Å². The molecular formula is C22H22N4. The average Bonchev–Trinajstić information content (AvgIpc) is 2.61. The lowest BCUT2D eigenvalue weighted by molar-refractivity contribution is 0.318. The zero-order chi connectivity index (χ0) is 19.1. The van der Waals surface area contributed by atoms with E-state index in [1.54, 1.807) is 0 Å². The number of rotatable bonds is 1. The van der Waals surface area contributed by atoms with Gasteiger partial charge in [-0.2, -0.15) is 15.8 Å². The molecule has 2 aliphatic rings. The molecule has 130 valence electrons. The molecule has 0 aromatic heterocycles. The van der Waals surface area contributed by atoms with Crippen LogP contribution in [0.3, 0.4) is 0 Å². The van der Waals surface area contributed by atoms with Crippen molar-refractivity contribution in [3.63, 3.8) is 0 Å². The molecule has 4 heteroatoms. The largest absolute Gasteiger partial charge is 0.305 e. The lowest BCUT2D eigenvalue weighted by Gasteiger charge is -2.46. The molecule has 26 heavy (non-hydrogen) atoms. The van der Waals surface area contributed by atoms with Crippen LogP contribution in [0.4, 0.5) is 0 Å². The zero-order valence-electron chi connectivity index (χ0n) is 15.4. The first kappa shape index (κ1) is 17.9. The Morgan fingerprint density at radius 1 is 1.08 bits per heavy atom. The summed E-state index contributed by atoms with van der Waals surface area (Å²) >= 11 is 0. The smallest absolute Gasteiger partial charge is 0.189 e. The summed E-state index contributed by atoms with van der Waals surface area (Å²) in [4.78, 5) is 0. The number of aryl methyl sites for hydroxylation is 3. The van der Waals surface area contributed by atoms with Crippen LogP contribution in [0.25, 0.3) is 0 Å². The molecule has 1 N–H and O–H groups in total. The predicted molar refractivity (Wildman–Crippen MR) is 99.3 cm³/mol. The third-order valence-corrected chi connectivity index (χ3v) is 5.97. The van der Waals surface area contributed by atoms with E-state index in [-0.39, 0.29) is 11.6 Å². The van der Waals surface area contributed by atoms with Crippen LogP contribution in [0.15, 0.2) is 23.8 Å². The molecule has 0 aliphatic heterocycles. The van der Waals surface area contributed by atoms with Crippen LogP contribution < -0.4 is 0 Å². The Morgan fingerprint density at radius 2 is 1.69 bits per heavy atom. The first-order valence-corrected chi connectivity index (χ1v) is 9.00. The number of benzene rings is 1. The molecule has 3 rings (SSSR count). The van der Waals surface area contributed by atoms with Crippen LogP contribution in [-0.4, -0.2) is 5.71 Å². The van der Waals surface area contributed by atoms with Crippen LogP contribution >= 0.6 is 0 Å². The molecule has 1 aromatic rings. The van der Waals surface area contributed by atoms with Gasteiger partial charge in [0, 0.05) is 5.92 Å². The first-order valence-electron chi connectivity index (χ1n) is 9.00. The van der Waals surface area contributed by atoms with Crippen LogP contribution in [0.1, 0.15) is 47.4 Å². The molecule has 0 heterocycles. The molecular weight excluding hydrogens is 320 g/mol. The maximum atomic E-state index is 10.0. The van der Waals surface area contributed by atoms with Crippen molar-refractivity contribution < 1.29 is 0 Å². The number of nitrogens with one attached hydrogen (secondary N) is 1. The van der Waals surface area contributed by atoms with Crippen molar-refractivity contribution in [1.29, 1.82) is 21.2 Å². The van der Waals surface area contributed by atoms with Crippen molar-refractivity contribution in [1.82, 2.24) is 0 Å². The van der Waals surface area contributed by atoms with E-state index in [1.165, 1.54) is 0 Å². The van der Waals surface area contributed by atoms with Crippen LogP contribution in [0, 0.1) is 77.4 Å². The molecule has 2 aliphatic carbocycles. The van der Waals surface area contributed by atoms with E-state index in [0.717, 1.165) is 47.1 Å². The van der Waals surface area contributed by atoms with Crippen molar-refractivity contribution in [3.8, 4) is 18.2 Å². The molecule has 0 radical (unpaired) electrons. The van der Waals surface area contributed by atoms with Crippen LogP contribution in [0.2, 0.25) is 0 Å². The van der Waals surface area contributed by atoms with E-state index in [9.17, 15) is 15.8 Å². The average molecular weight is 342 g/mol. The fourth-order valence-corrected chi connectivity index (χ4v) is 5.00. The molecule has 0 saturated heterocycles. The van der Waals surface area contributed by atoms with Gasteiger partial charge in [0.05, 0.1) is 23.9 Å². The number of hydrogen-bond donors (Lipinski definition) is 1. The highest BCUT2D eigenvalue weighted by Gasteiger charge is 2.57. The van der Waals surface area contributed by atoms with Crippen LogP contribution in [0.5, 0.6) is 0 Å². The summed E-state index contributed by atoms with van der Waals surface area (Å²) in [6.45, 7) is 6.06. The second kappa shape index (κ2) is 6.44. The Balaban J connectivity index is 2.34. The Morgan fingerprint density at radius 3 is 2.23 bits per heavy atom. The summed E-state index contributed by atoms with van der Waals surface area (Å²) in [5, 5.41) is 38.4. The minimum Gasteiger partial charge on any atom is -0.305 e. The second-order valence-corrected chi connectivity index (χ2v) is 7.54. The lowest BCUT2D eigenvalue weighted by atomic mass is 9.52. The molecule has 1 saturated carbocycles. The molecule has 0 bridgehead atoms. The van der Waals surface area contributed by atoms with Crippen molar-refractivity contribution in [2.24, 2.45) is 17.3 Å². The summed E-state index contributed by atoms with van der Waals surface area (Å²) in [7, 11) is 0. The van der Waals surface area contributed by atoms with Gasteiger partial charge in [0.1, 0.15) is 5.92 Å². The molecule has 0 amide bonds. The molecule has 1 fully saturated rings. The lowest BCUT2D eigenvalue weighted by Crippen LogP contribution is -2.49. The van der Waals surface area contributed by atoms with Crippen molar-refractivity contribution in [2.75, 3.05) is 0 Å². The standard InChI is InChI=1S/C22H22N4/c1-13-8-14(2)19(15(3)9-13)20-17-7-5-4-6-16(17)18(10-23)21(26)22(20,11-24)12-25/h6,8-9,17-18,20,26H,4-5,7H2,1-3H3/t17-,18+,20+/m0/s1. The molecule has 0 spiro atoms. The Bertz CT molecular complexity index is 895. The molecule has 3 atom stereocenters. The highest BCUT2D eigenvalue weighted by Crippen LogP contribution is 2.56. The Labute approximate surface area is 154 Å². The summed E-state index contributed by atoms with van der Waals surface area (Å²) in [5.74, 6) is -1.20. The van der Waals surface area contributed by atoms with E-state index in [4.69, 9.17) is 5.41 Å². The quantitative estimate of drug-likeness (QED) is 0.754. The van der Waals surface area contributed by atoms with Gasteiger partial charge in [0.25, 0.3) is 0 Å². The van der Waals surface area contributed by atoms with Gasteiger partial charge in [0.2, 0.25) is 0 Å². The van der Waals surface area contributed by atoms with Gasteiger partial charge < -0.3 is 5.41 Å². The maximum Gasteiger partial charge on any atom is 0.189 e. The second-order valence-electron chi connectivity index (χ2n) is 7.54. The van der Waals surface area contributed by atoms with Crippen LogP contribution in [-0.2, 0) is 0 Å².